The van der Waals surface area contributed by atoms with Crippen LogP contribution in [0.3, 0.4) is 0 Å². The lowest BCUT2D eigenvalue weighted by molar-refractivity contribution is -0.121. The van der Waals surface area contributed by atoms with E-state index in [0.717, 1.165) is 16.8 Å². The van der Waals surface area contributed by atoms with Crippen LogP contribution >= 0.6 is 15.9 Å². The van der Waals surface area contributed by atoms with Crippen molar-refractivity contribution in [3.05, 3.63) is 57.6 Å². The van der Waals surface area contributed by atoms with Crippen LogP contribution in [-0.2, 0) is 17.9 Å². The summed E-state index contributed by atoms with van der Waals surface area (Å²) in [6.07, 6.45) is 5.44. The number of hydrogen-bond acceptors (Lipinski definition) is 4. The van der Waals surface area contributed by atoms with E-state index in [-0.39, 0.29) is 23.8 Å². The summed E-state index contributed by atoms with van der Waals surface area (Å²) in [4.78, 5) is 33.2. The molecule has 0 bridgehead atoms. The van der Waals surface area contributed by atoms with E-state index in [1.165, 1.54) is 10.9 Å². The number of nitrogens with one attached hydrogen (secondary N) is 1. The van der Waals surface area contributed by atoms with Gasteiger partial charge in [-0.3, -0.25) is 14.2 Å². The highest BCUT2D eigenvalue weighted by atomic mass is 79.9. The van der Waals surface area contributed by atoms with E-state index in [0.29, 0.717) is 24.0 Å². The van der Waals surface area contributed by atoms with Crippen LogP contribution < -0.4 is 10.9 Å². The summed E-state index contributed by atoms with van der Waals surface area (Å²) < 4.78 is 4.37. The van der Waals surface area contributed by atoms with Crippen molar-refractivity contribution < 1.29 is 4.79 Å². The maximum absolute atomic E-state index is 12.5. The third-order valence-corrected chi connectivity index (χ3v) is 4.94. The lowest BCUT2D eigenvalue weighted by atomic mass is 10.1. The fourth-order valence-electron chi connectivity index (χ4n) is 2.89. The zero-order chi connectivity index (χ0) is 19.4. The predicted octanol–water partition coefficient (Wildman–Crippen LogP) is 2.51. The van der Waals surface area contributed by atoms with E-state index in [2.05, 4.69) is 42.7 Å². The van der Waals surface area contributed by atoms with Crippen molar-refractivity contribution in [2.24, 2.45) is 5.92 Å². The van der Waals surface area contributed by atoms with E-state index < -0.39 is 0 Å². The second-order valence-electron chi connectivity index (χ2n) is 6.69. The van der Waals surface area contributed by atoms with Gasteiger partial charge >= 0.3 is 0 Å². The standard InChI is InChI=1S/C19H22BrN5O2/c1-13(11-24-8-6-21-14(24)2)10-22-18(26)5-7-25-12-23-17-4-3-15(20)9-16(17)19(25)27/h3-4,6,8-9,12-13H,5,7,10-11H2,1-2H3,(H,22,26). The second-order valence-corrected chi connectivity index (χ2v) is 7.61. The van der Waals surface area contributed by atoms with Crippen LogP contribution in [0, 0.1) is 12.8 Å². The summed E-state index contributed by atoms with van der Waals surface area (Å²) >= 11 is 3.37. The normalized spacial score (nSPS) is 12.3. The molecule has 2 heterocycles. The first-order chi connectivity index (χ1) is 12.9. The Labute approximate surface area is 165 Å². The molecule has 1 atom stereocenters. The Morgan fingerprint density at radius 3 is 2.85 bits per heavy atom. The average Bonchev–Trinajstić information content (AvgIpc) is 3.04. The van der Waals surface area contributed by atoms with Crippen LogP contribution in [0.1, 0.15) is 19.2 Å². The van der Waals surface area contributed by atoms with Crippen molar-refractivity contribution in [2.75, 3.05) is 6.54 Å². The van der Waals surface area contributed by atoms with Gasteiger partial charge in [-0.25, -0.2) is 9.97 Å². The van der Waals surface area contributed by atoms with E-state index in [9.17, 15) is 9.59 Å². The van der Waals surface area contributed by atoms with Crippen molar-refractivity contribution in [2.45, 2.75) is 33.4 Å². The minimum Gasteiger partial charge on any atom is -0.356 e. The summed E-state index contributed by atoms with van der Waals surface area (Å²) in [6.45, 7) is 5.72. The maximum Gasteiger partial charge on any atom is 0.261 e. The number of carbonyl (C=O) groups excluding carboxylic acids is 1. The molecular weight excluding hydrogens is 410 g/mol. The molecule has 0 aliphatic heterocycles. The molecule has 2 aromatic heterocycles. The highest BCUT2D eigenvalue weighted by Crippen LogP contribution is 2.14. The zero-order valence-electron chi connectivity index (χ0n) is 15.4. The number of carbonyl (C=O) groups is 1. The molecule has 3 aromatic rings. The van der Waals surface area contributed by atoms with E-state index in [1.807, 2.05) is 19.2 Å². The summed E-state index contributed by atoms with van der Waals surface area (Å²) in [5, 5.41) is 3.47. The first-order valence-corrected chi connectivity index (χ1v) is 9.62. The molecule has 7 nitrogen and oxygen atoms in total. The molecule has 1 N–H and O–H groups in total. The maximum atomic E-state index is 12.5. The largest absolute Gasteiger partial charge is 0.356 e. The van der Waals surface area contributed by atoms with Gasteiger partial charge in [0.15, 0.2) is 0 Å². The van der Waals surface area contributed by atoms with Gasteiger partial charge < -0.3 is 9.88 Å². The average molecular weight is 432 g/mol. The molecule has 142 valence electrons. The molecule has 0 saturated heterocycles. The predicted molar refractivity (Wildman–Crippen MR) is 107 cm³/mol. The van der Waals surface area contributed by atoms with Gasteiger partial charge in [-0.05, 0) is 31.0 Å². The summed E-state index contributed by atoms with van der Waals surface area (Å²) in [6, 6.07) is 5.39. The molecule has 1 unspecified atom stereocenters. The van der Waals surface area contributed by atoms with Gasteiger partial charge in [0.25, 0.3) is 5.56 Å². The lowest BCUT2D eigenvalue weighted by Crippen LogP contribution is -2.31. The van der Waals surface area contributed by atoms with Crippen molar-refractivity contribution in [1.82, 2.24) is 24.4 Å². The highest BCUT2D eigenvalue weighted by Gasteiger charge is 2.10. The SMILES string of the molecule is Cc1nccn1CC(C)CNC(=O)CCn1cnc2ccc(Br)cc2c1=O. The molecule has 1 amide bonds. The third-order valence-electron chi connectivity index (χ3n) is 4.45. The molecule has 27 heavy (non-hydrogen) atoms. The van der Waals surface area contributed by atoms with Gasteiger partial charge in [0.1, 0.15) is 5.82 Å². The Balaban J connectivity index is 1.53. The molecule has 0 spiro atoms. The highest BCUT2D eigenvalue weighted by molar-refractivity contribution is 9.10. The fraction of sp³-hybridized carbons (Fsp3) is 0.368. The number of aryl methyl sites for hydroxylation is 2. The summed E-state index contributed by atoms with van der Waals surface area (Å²) in [7, 11) is 0. The van der Waals surface area contributed by atoms with Crippen LogP contribution in [-0.4, -0.2) is 31.6 Å². The topological polar surface area (TPSA) is 81.8 Å². The number of imidazole rings is 1. The van der Waals surface area contributed by atoms with E-state index >= 15 is 0 Å². The second kappa shape index (κ2) is 8.47. The molecule has 0 aliphatic rings. The van der Waals surface area contributed by atoms with Crippen LogP contribution in [0.4, 0.5) is 0 Å². The molecule has 0 radical (unpaired) electrons. The Morgan fingerprint density at radius 1 is 1.30 bits per heavy atom. The molecule has 0 saturated carbocycles. The Kier molecular flexibility index (Phi) is 6.05. The van der Waals surface area contributed by atoms with Gasteiger partial charge in [-0.15, -0.1) is 0 Å². The van der Waals surface area contributed by atoms with Crippen molar-refractivity contribution in [3.8, 4) is 0 Å². The lowest BCUT2D eigenvalue weighted by Gasteiger charge is -2.14. The van der Waals surface area contributed by atoms with Gasteiger partial charge in [-0.1, -0.05) is 22.9 Å². The van der Waals surface area contributed by atoms with Crippen molar-refractivity contribution >= 4 is 32.7 Å². The van der Waals surface area contributed by atoms with Crippen molar-refractivity contribution in [3.63, 3.8) is 0 Å². The van der Waals surface area contributed by atoms with E-state index in [1.54, 1.807) is 18.3 Å². The molecule has 0 fully saturated rings. The minimum atomic E-state index is -0.141. The quantitative estimate of drug-likeness (QED) is 0.622. The number of halogens is 1. The Bertz CT molecular complexity index is 1010. The van der Waals surface area contributed by atoms with Gasteiger partial charge in [0.05, 0.1) is 17.2 Å². The van der Waals surface area contributed by atoms with Crippen LogP contribution in [0.2, 0.25) is 0 Å². The van der Waals surface area contributed by atoms with Crippen molar-refractivity contribution in [1.29, 1.82) is 0 Å². The smallest absolute Gasteiger partial charge is 0.261 e. The van der Waals surface area contributed by atoms with Gasteiger partial charge in [0.2, 0.25) is 5.91 Å². The van der Waals surface area contributed by atoms with E-state index in [4.69, 9.17) is 0 Å². The number of nitrogens with zero attached hydrogens (tertiary/aromatic N) is 4. The summed E-state index contributed by atoms with van der Waals surface area (Å²) in [5.41, 5.74) is 0.505. The molecular formula is C19H22BrN5O2. The Morgan fingerprint density at radius 2 is 2.11 bits per heavy atom. The first kappa shape index (κ1) is 19.3. The van der Waals surface area contributed by atoms with Crippen LogP contribution in [0.15, 0.2) is 46.2 Å². The molecule has 0 aliphatic carbocycles. The summed E-state index contributed by atoms with van der Waals surface area (Å²) in [5.74, 6) is 1.16. The van der Waals surface area contributed by atoms with Gasteiger partial charge in [0, 0.05) is 42.9 Å². The van der Waals surface area contributed by atoms with Crippen LogP contribution in [0.5, 0.6) is 0 Å². The number of amides is 1. The molecule has 8 heteroatoms. The number of rotatable bonds is 7. The number of fused-ring (bicyclic) bond motifs is 1. The Hall–Kier alpha value is -2.48. The van der Waals surface area contributed by atoms with Gasteiger partial charge in [-0.2, -0.15) is 0 Å². The monoisotopic (exact) mass is 431 g/mol. The van der Waals surface area contributed by atoms with Crippen LogP contribution in [0.25, 0.3) is 10.9 Å². The molecule has 1 aromatic carbocycles. The number of benzene rings is 1. The minimum absolute atomic E-state index is 0.0783. The third kappa shape index (κ3) is 4.82. The number of aromatic nitrogens is 4. The zero-order valence-corrected chi connectivity index (χ0v) is 16.9. The molecule has 3 rings (SSSR count). The first-order valence-electron chi connectivity index (χ1n) is 8.83. The number of hydrogen-bond donors (Lipinski definition) is 1. The fourth-order valence-corrected chi connectivity index (χ4v) is 3.25.